The van der Waals surface area contributed by atoms with Gasteiger partial charge in [-0.3, -0.25) is 4.79 Å². The van der Waals surface area contributed by atoms with Crippen LogP contribution in [0.15, 0.2) is 22.7 Å². The Morgan fingerprint density at radius 1 is 1.45 bits per heavy atom. The van der Waals surface area contributed by atoms with Gasteiger partial charge in [0.05, 0.1) is 17.3 Å². The molecule has 0 aliphatic carbocycles. The molecule has 2 N–H and O–H groups in total. The molecule has 6 heteroatoms. The summed E-state index contributed by atoms with van der Waals surface area (Å²) in [6.45, 7) is 2.55. The number of nitrogens with zero attached hydrogens (tertiary/aromatic N) is 2. The Kier molecular flexibility index (Phi) is 4.65. The second-order valence-corrected chi connectivity index (χ2v) is 6.78. The van der Waals surface area contributed by atoms with Crippen molar-refractivity contribution in [3.63, 3.8) is 0 Å². The van der Waals surface area contributed by atoms with E-state index in [1.165, 1.54) is 0 Å². The number of nitrogens with one attached hydrogen (secondary N) is 2. The minimum atomic E-state index is -0.0311. The third-order valence-corrected chi connectivity index (χ3v) is 4.82. The molecule has 116 valence electrons. The molecule has 0 saturated carbocycles. The molecular formula is C16H19BrN4O. The number of hydrogen-bond acceptors (Lipinski definition) is 4. The summed E-state index contributed by atoms with van der Waals surface area (Å²) in [4.78, 5) is 14.3. The third kappa shape index (κ3) is 3.26. The number of nitriles is 1. The number of amides is 1. The van der Waals surface area contributed by atoms with Crippen LogP contribution in [0.1, 0.15) is 24.8 Å². The zero-order chi connectivity index (χ0) is 15.5. The van der Waals surface area contributed by atoms with Gasteiger partial charge in [0, 0.05) is 23.6 Å². The lowest BCUT2D eigenvalue weighted by molar-refractivity contribution is -0.123. The van der Waals surface area contributed by atoms with Crippen molar-refractivity contribution in [1.82, 2.24) is 10.6 Å². The average molecular weight is 363 g/mol. The van der Waals surface area contributed by atoms with Gasteiger partial charge in [-0.2, -0.15) is 5.26 Å². The summed E-state index contributed by atoms with van der Waals surface area (Å²) in [7, 11) is 0. The monoisotopic (exact) mass is 362 g/mol. The molecule has 1 aromatic rings. The van der Waals surface area contributed by atoms with Crippen molar-refractivity contribution in [2.24, 2.45) is 0 Å². The number of carbonyl (C=O) groups excluding carboxylic acids is 1. The fourth-order valence-corrected chi connectivity index (χ4v) is 3.54. The van der Waals surface area contributed by atoms with Crippen molar-refractivity contribution in [1.29, 1.82) is 5.26 Å². The molecule has 0 radical (unpaired) electrons. The smallest absolute Gasteiger partial charge is 0.237 e. The number of carbonyl (C=O) groups is 1. The number of hydrogen-bond donors (Lipinski definition) is 2. The van der Waals surface area contributed by atoms with Crippen LogP contribution in [-0.4, -0.2) is 37.6 Å². The molecule has 0 spiro atoms. The number of rotatable bonds is 3. The lowest BCUT2D eigenvalue weighted by Gasteiger charge is -2.21. The Morgan fingerprint density at radius 2 is 2.32 bits per heavy atom. The van der Waals surface area contributed by atoms with Gasteiger partial charge in [0.25, 0.3) is 0 Å². The Labute approximate surface area is 138 Å². The number of benzene rings is 1. The summed E-state index contributed by atoms with van der Waals surface area (Å²) in [6.07, 6.45) is 2.91. The molecule has 2 aliphatic rings. The average Bonchev–Trinajstić information content (AvgIpc) is 3.18. The predicted octanol–water partition coefficient (Wildman–Crippen LogP) is 1.77. The Morgan fingerprint density at radius 3 is 3.05 bits per heavy atom. The molecule has 0 bridgehead atoms. The second-order valence-electron chi connectivity index (χ2n) is 5.86. The largest absolute Gasteiger partial charge is 0.368 e. The van der Waals surface area contributed by atoms with Crippen LogP contribution >= 0.6 is 15.9 Å². The van der Waals surface area contributed by atoms with Gasteiger partial charge >= 0.3 is 0 Å². The summed E-state index contributed by atoms with van der Waals surface area (Å²) in [5, 5.41) is 15.6. The maximum absolute atomic E-state index is 12.2. The summed E-state index contributed by atoms with van der Waals surface area (Å²) in [5.41, 5.74) is 1.61. The van der Waals surface area contributed by atoms with Crippen LogP contribution in [0.25, 0.3) is 0 Å². The minimum Gasteiger partial charge on any atom is -0.368 e. The lowest BCUT2D eigenvalue weighted by Crippen LogP contribution is -2.46. The van der Waals surface area contributed by atoms with E-state index < -0.39 is 0 Å². The molecule has 0 unspecified atom stereocenters. The minimum absolute atomic E-state index is 0.0311. The van der Waals surface area contributed by atoms with E-state index in [0.717, 1.165) is 49.1 Å². The van der Waals surface area contributed by atoms with Crippen molar-refractivity contribution in [2.75, 3.05) is 24.5 Å². The maximum Gasteiger partial charge on any atom is 0.237 e. The first kappa shape index (κ1) is 15.3. The molecule has 0 aromatic heterocycles. The van der Waals surface area contributed by atoms with Crippen molar-refractivity contribution in [3.8, 4) is 6.07 Å². The highest BCUT2D eigenvalue weighted by atomic mass is 79.9. The van der Waals surface area contributed by atoms with Crippen molar-refractivity contribution >= 4 is 27.5 Å². The van der Waals surface area contributed by atoms with Gasteiger partial charge in [0.2, 0.25) is 5.91 Å². The first-order valence-electron chi connectivity index (χ1n) is 7.66. The third-order valence-electron chi connectivity index (χ3n) is 4.33. The molecule has 2 fully saturated rings. The molecule has 1 aromatic carbocycles. The molecular weight excluding hydrogens is 344 g/mol. The number of halogens is 1. The van der Waals surface area contributed by atoms with Gasteiger partial charge in [-0.25, -0.2) is 0 Å². The second kappa shape index (κ2) is 6.67. The van der Waals surface area contributed by atoms with Gasteiger partial charge in [0.1, 0.15) is 6.07 Å². The Balaban J connectivity index is 1.63. The molecule has 2 heterocycles. The topological polar surface area (TPSA) is 68.2 Å². The summed E-state index contributed by atoms with van der Waals surface area (Å²) in [6, 6.07) is 8.12. The molecule has 3 rings (SSSR count). The first-order valence-corrected chi connectivity index (χ1v) is 8.45. The van der Waals surface area contributed by atoms with E-state index in [1.54, 1.807) is 0 Å². The zero-order valence-electron chi connectivity index (χ0n) is 12.3. The Bertz CT molecular complexity index is 607. The van der Waals surface area contributed by atoms with E-state index in [2.05, 4.69) is 37.5 Å². The molecule has 2 saturated heterocycles. The molecule has 1 amide bonds. The number of anilines is 1. The fourth-order valence-electron chi connectivity index (χ4n) is 3.18. The normalized spacial score (nSPS) is 24.3. The fraction of sp³-hybridized carbons (Fsp3) is 0.500. The molecule has 5 nitrogen and oxygen atoms in total. The van der Waals surface area contributed by atoms with E-state index in [4.69, 9.17) is 0 Å². The first-order chi connectivity index (χ1) is 10.7. The zero-order valence-corrected chi connectivity index (χ0v) is 13.9. The van der Waals surface area contributed by atoms with E-state index in [0.29, 0.717) is 5.56 Å². The quantitative estimate of drug-likeness (QED) is 0.859. The van der Waals surface area contributed by atoms with Crippen LogP contribution in [0.5, 0.6) is 0 Å². The van der Waals surface area contributed by atoms with Gasteiger partial charge in [-0.15, -0.1) is 0 Å². The van der Waals surface area contributed by atoms with E-state index in [1.807, 2.05) is 18.2 Å². The van der Waals surface area contributed by atoms with Crippen molar-refractivity contribution in [3.05, 3.63) is 28.2 Å². The Hall–Kier alpha value is -1.58. The van der Waals surface area contributed by atoms with Crippen molar-refractivity contribution in [2.45, 2.75) is 31.3 Å². The molecule has 2 atom stereocenters. The maximum atomic E-state index is 12.2. The molecule has 22 heavy (non-hydrogen) atoms. The van der Waals surface area contributed by atoms with Crippen molar-refractivity contribution < 1.29 is 4.79 Å². The van der Waals surface area contributed by atoms with E-state index >= 15 is 0 Å². The van der Waals surface area contributed by atoms with Crippen LogP contribution in [0.3, 0.4) is 0 Å². The van der Waals surface area contributed by atoms with Crippen LogP contribution in [0, 0.1) is 11.3 Å². The van der Waals surface area contributed by atoms with Gasteiger partial charge < -0.3 is 15.5 Å². The van der Waals surface area contributed by atoms with Crippen LogP contribution in [0.4, 0.5) is 5.69 Å². The van der Waals surface area contributed by atoms with Gasteiger partial charge in [0.15, 0.2) is 0 Å². The van der Waals surface area contributed by atoms with E-state index in [9.17, 15) is 10.1 Å². The highest BCUT2D eigenvalue weighted by molar-refractivity contribution is 9.10. The SMILES string of the molecule is N#Cc1cc(Br)ccc1N1CC[C@H](NC(=O)[C@@H]2CCCN2)C1. The standard InChI is InChI=1S/C16H19BrN4O/c17-12-3-4-15(11(8-12)9-18)21-7-5-13(10-21)20-16(22)14-2-1-6-19-14/h3-4,8,13-14,19H,1-2,5-7,10H2,(H,20,22)/t13-,14-/m0/s1. The highest BCUT2D eigenvalue weighted by Gasteiger charge is 2.29. The van der Waals surface area contributed by atoms with Gasteiger partial charge in [-0.1, -0.05) is 15.9 Å². The predicted molar refractivity (Wildman–Crippen MR) is 88.6 cm³/mol. The highest BCUT2D eigenvalue weighted by Crippen LogP contribution is 2.27. The van der Waals surface area contributed by atoms with E-state index in [-0.39, 0.29) is 18.0 Å². The molecule has 2 aliphatic heterocycles. The van der Waals surface area contributed by atoms with Crippen LogP contribution < -0.4 is 15.5 Å². The van der Waals surface area contributed by atoms with Crippen LogP contribution in [-0.2, 0) is 4.79 Å². The summed E-state index contributed by atoms with van der Waals surface area (Å²) in [5.74, 6) is 0.112. The van der Waals surface area contributed by atoms with Gasteiger partial charge in [-0.05, 0) is 44.0 Å². The summed E-state index contributed by atoms with van der Waals surface area (Å²) < 4.78 is 0.907. The van der Waals surface area contributed by atoms with Crippen LogP contribution in [0.2, 0.25) is 0 Å². The summed E-state index contributed by atoms with van der Waals surface area (Å²) >= 11 is 3.39. The lowest BCUT2D eigenvalue weighted by atomic mass is 10.2.